The second-order valence-corrected chi connectivity index (χ2v) is 4.86. The second-order valence-electron chi connectivity index (χ2n) is 4.86. The van der Waals surface area contributed by atoms with Gasteiger partial charge in [-0.15, -0.1) is 0 Å². The molecule has 2 aliphatic heterocycles. The molecule has 0 atom stereocenters. The summed E-state index contributed by atoms with van der Waals surface area (Å²) in [5.41, 5.74) is 6.51. The average molecular weight is 263 g/mol. The van der Waals surface area contributed by atoms with Crippen LogP contribution in [0.1, 0.15) is 23.3 Å². The number of aromatic nitrogens is 1. The van der Waals surface area contributed by atoms with Gasteiger partial charge in [0, 0.05) is 37.8 Å². The van der Waals surface area contributed by atoms with E-state index in [1.165, 1.54) is 0 Å². The van der Waals surface area contributed by atoms with Crippen molar-refractivity contribution in [2.45, 2.75) is 18.6 Å². The molecule has 6 heteroatoms. The number of rotatable bonds is 2. The number of primary amides is 1. The van der Waals surface area contributed by atoms with Crippen LogP contribution in [0.5, 0.6) is 0 Å². The van der Waals surface area contributed by atoms with Crippen molar-refractivity contribution in [1.82, 2.24) is 4.98 Å². The number of nitrogens with zero attached hydrogens (tertiary/aromatic N) is 2. The monoisotopic (exact) mass is 263 g/mol. The molecule has 0 saturated carbocycles. The van der Waals surface area contributed by atoms with Gasteiger partial charge in [-0.2, -0.15) is 0 Å². The quantitative estimate of drug-likeness (QED) is 0.842. The number of ether oxygens (including phenoxy) is 2. The van der Waals surface area contributed by atoms with Gasteiger partial charge in [-0.1, -0.05) is 0 Å². The molecular formula is C13H17N3O3. The number of carbonyl (C=O) groups excluding carboxylic acids is 1. The highest BCUT2D eigenvalue weighted by molar-refractivity contribution is 5.91. The fourth-order valence-electron chi connectivity index (χ4n) is 2.64. The van der Waals surface area contributed by atoms with Crippen LogP contribution in [0.4, 0.5) is 5.69 Å². The minimum Gasteiger partial charge on any atom is -0.371 e. The van der Waals surface area contributed by atoms with Crippen molar-refractivity contribution < 1.29 is 14.3 Å². The molecule has 102 valence electrons. The fourth-order valence-corrected chi connectivity index (χ4v) is 2.64. The normalized spacial score (nSPS) is 21.8. The van der Waals surface area contributed by atoms with Gasteiger partial charge in [-0.05, 0) is 12.1 Å². The molecule has 0 bridgehead atoms. The van der Waals surface area contributed by atoms with E-state index in [4.69, 9.17) is 15.2 Å². The minimum atomic E-state index is -0.502. The maximum atomic E-state index is 11.1. The summed E-state index contributed by atoms with van der Waals surface area (Å²) >= 11 is 0. The van der Waals surface area contributed by atoms with Gasteiger partial charge in [0.05, 0.1) is 13.2 Å². The third-order valence-electron chi connectivity index (χ3n) is 3.70. The SMILES string of the molecule is NC(=O)c1cc(N2CCC3(CC2)OCCO3)ccn1. The molecular weight excluding hydrogens is 246 g/mol. The Hall–Kier alpha value is -1.66. The Kier molecular flexibility index (Phi) is 3.12. The molecule has 3 heterocycles. The average Bonchev–Trinajstić information content (AvgIpc) is 2.88. The van der Waals surface area contributed by atoms with Crippen molar-refractivity contribution in [1.29, 1.82) is 0 Å². The highest BCUT2D eigenvalue weighted by atomic mass is 16.7. The van der Waals surface area contributed by atoms with E-state index >= 15 is 0 Å². The molecule has 3 rings (SSSR count). The number of pyridine rings is 1. The summed E-state index contributed by atoms with van der Waals surface area (Å²) < 4.78 is 11.4. The van der Waals surface area contributed by atoms with Crippen molar-refractivity contribution in [2.24, 2.45) is 5.73 Å². The maximum absolute atomic E-state index is 11.1. The Balaban J connectivity index is 1.71. The number of anilines is 1. The first-order valence-corrected chi connectivity index (χ1v) is 6.47. The number of carbonyl (C=O) groups is 1. The predicted molar refractivity (Wildman–Crippen MR) is 68.8 cm³/mol. The summed E-state index contributed by atoms with van der Waals surface area (Å²) in [6.07, 6.45) is 3.28. The molecule has 1 amide bonds. The van der Waals surface area contributed by atoms with Crippen LogP contribution in [-0.2, 0) is 9.47 Å². The van der Waals surface area contributed by atoms with Gasteiger partial charge in [-0.3, -0.25) is 9.78 Å². The lowest BCUT2D eigenvalue weighted by Crippen LogP contribution is -2.45. The summed E-state index contributed by atoms with van der Waals surface area (Å²) in [4.78, 5) is 17.3. The van der Waals surface area contributed by atoms with Crippen molar-refractivity contribution in [2.75, 3.05) is 31.2 Å². The van der Waals surface area contributed by atoms with Gasteiger partial charge in [0.15, 0.2) is 5.79 Å². The first kappa shape index (κ1) is 12.4. The number of nitrogens with two attached hydrogens (primary N) is 1. The molecule has 6 nitrogen and oxygen atoms in total. The molecule has 1 aromatic heterocycles. The van der Waals surface area contributed by atoms with Crippen LogP contribution in [0.15, 0.2) is 18.3 Å². The molecule has 2 N–H and O–H groups in total. The lowest BCUT2D eigenvalue weighted by atomic mass is 10.0. The van der Waals surface area contributed by atoms with Gasteiger partial charge in [0.1, 0.15) is 5.69 Å². The maximum Gasteiger partial charge on any atom is 0.267 e. The van der Waals surface area contributed by atoms with Gasteiger partial charge >= 0.3 is 0 Å². The molecule has 0 aliphatic carbocycles. The number of hydrogen-bond donors (Lipinski definition) is 1. The van der Waals surface area contributed by atoms with E-state index in [-0.39, 0.29) is 5.79 Å². The van der Waals surface area contributed by atoms with E-state index in [0.717, 1.165) is 31.6 Å². The van der Waals surface area contributed by atoms with Crippen LogP contribution in [0, 0.1) is 0 Å². The first-order chi connectivity index (χ1) is 9.19. The summed E-state index contributed by atoms with van der Waals surface area (Å²) in [7, 11) is 0. The molecule has 2 fully saturated rings. The zero-order chi connectivity index (χ0) is 13.3. The van der Waals surface area contributed by atoms with Crippen molar-refractivity contribution in [3.8, 4) is 0 Å². The fraction of sp³-hybridized carbons (Fsp3) is 0.538. The Morgan fingerprint density at radius 2 is 2.00 bits per heavy atom. The van der Waals surface area contributed by atoms with E-state index in [1.807, 2.05) is 6.07 Å². The zero-order valence-corrected chi connectivity index (χ0v) is 10.7. The van der Waals surface area contributed by atoms with Gasteiger partial charge in [0.25, 0.3) is 5.91 Å². The molecule has 1 spiro atoms. The zero-order valence-electron chi connectivity index (χ0n) is 10.7. The van der Waals surface area contributed by atoms with Gasteiger partial charge < -0.3 is 20.1 Å². The lowest BCUT2D eigenvalue weighted by Gasteiger charge is -2.38. The van der Waals surface area contributed by atoms with Gasteiger partial charge in [0.2, 0.25) is 0 Å². The number of piperidine rings is 1. The summed E-state index contributed by atoms with van der Waals surface area (Å²) in [6, 6.07) is 3.62. The Morgan fingerprint density at radius 1 is 1.32 bits per heavy atom. The van der Waals surface area contributed by atoms with E-state index in [2.05, 4.69) is 9.88 Å². The molecule has 19 heavy (non-hydrogen) atoms. The molecule has 1 aromatic rings. The van der Waals surface area contributed by atoms with Crippen LogP contribution in [0.2, 0.25) is 0 Å². The number of hydrogen-bond acceptors (Lipinski definition) is 5. The van der Waals surface area contributed by atoms with Crippen LogP contribution < -0.4 is 10.6 Å². The third-order valence-corrected chi connectivity index (χ3v) is 3.70. The van der Waals surface area contributed by atoms with Crippen molar-refractivity contribution >= 4 is 11.6 Å². The molecule has 0 unspecified atom stereocenters. The van der Waals surface area contributed by atoms with Crippen LogP contribution in [0.25, 0.3) is 0 Å². The lowest BCUT2D eigenvalue weighted by molar-refractivity contribution is -0.169. The van der Waals surface area contributed by atoms with Crippen LogP contribution in [-0.4, -0.2) is 43.0 Å². The first-order valence-electron chi connectivity index (χ1n) is 6.47. The summed E-state index contributed by atoms with van der Waals surface area (Å²) in [5.74, 6) is -0.881. The molecule has 0 aromatic carbocycles. The third kappa shape index (κ3) is 2.41. The van der Waals surface area contributed by atoms with Crippen LogP contribution >= 0.6 is 0 Å². The smallest absolute Gasteiger partial charge is 0.267 e. The van der Waals surface area contributed by atoms with Crippen molar-refractivity contribution in [3.05, 3.63) is 24.0 Å². The Labute approximate surface area is 111 Å². The van der Waals surface area contributed by atoms with E-state index in [0.29, 0.717) is 18.9 Å². The molecule has 2 aliphatic rings. The highest BCUT2D eigenvalue weighted by Crippen LogP contribution is 2.33. The highest BCUT2D eigenvalue weighted by Gasteiger charge is 2.39. The van der Waals surface area contributed by atoms with E-state index < -0.39 is 5.91 Å². The topological polar surface area (TPSA) is 77.7 Å². The molecule has 0 radical (unpaired) electrons. The standard InChI is InChI=1S/C13H17N3O3/c14-12(17)11-9-10(1-4-15-11)16-5-2-13(3-6-16)18-7-8-19-13/h1,4,9H,2-3,5-8H2,(H2,14,17). The predicted octanol–water partition coefficient (Wildman–Crippen LogP) is 0.524. The summed E-state index contributed by atoms with van der Waals surface area (Å²) in [5, 5.41) is 0. The number of amides is 1. The van der Waals surface area contributed by atoms with Gasteiger partial charge in [-0.25, -0.2) is 0 Å². The Morgan fingerprint density at radius 3 is 2.63 bits per heavy atom. The molecule has 2 saturated heterocycles. The Bertz CT molecular complexity index is 476. The second kappa shape index (κ2) is 4.79. The minimum absolute atomic E-state index is 0.297. The van der Waals surface area contributed by atoms with E-state index in [1.54, 1.807) is 12.3 Å². The van der Waals surface area contributed by atoms with E-state index in [9.17, 15) is 4.79 Å². The van der Waals surface area contributed by atoms with Crippen LogP contribution in [0.3, 0.4) is 0 Å². The van der Waals surface area contributed by atoms with Crippen molar-refractivity contribution in [3.63, 3.8) is 0 Å². The largest absolute Gasteiger partial charge is 0.371 e. The summed E-state index contributed by atoms with van der Waals surface area (Å²) in [6.45, 7) is 3.03.